The highest BCUT2D eigenvalue weighted by molar-refractivity contribution is 7.99. The fraction of sp³-hybridized carbons (Fsp3) is 0.333. The van der Waals surface area contributed by atoms with Crippen molar-refractivity contribution in [3.05, 3.63) is 52.2 Å². The Labute approximate surface area is 117 Å². The van der Waals surface area contributed by atoms with E-state index < -0.39 is 0 Å². The zero-order chi connectivity index (χ0) is 12.2. The minimum atomic E-state index is 0.689. The van der Waals surface area contributed by atoms with Gasteiger partial charge in [-0.3, -0.25) is 0 Å². The zero-order valence-electron chi connectivity index (χ0n) is 10.3. The van der Waals surface area contributed by atoms with Crippen LogP contribution >= 0.6 is 23.1 Å². The van der Waals surface area contributed by atoms with Gasteiger partial charge in [-0.25, -0.2) is 0 Å². The number of rotatable bonds is 5. The van der Waals surface area contributed by atoms with Gasteiger partial charge >= 0.3 is 0 Å². The highest BCUT2D eigenvalue weighted by Crippen LogP contribution is 2.38. The normalized spacial score (nSPS) is 17.9. The van der Waals surface area contributed by atoms with E-state index in [1.165, 1.54) is 21.1 Å². The van der Waals surface area contributed by atoms with Gasteiger partial charge in [0.15, 0.2) is 0 Å². The molecule has 3 rings (SSSR count). The molecule has 0 fully saturated rings. The lowest BCUT2D eigenvalue weighted by Crippen LogP contribution is -2.23. The molecule has 1 nitrogen and oxygen atoms in total. The third kappa shape index (κ3) is 2.79. The van der Waals surface area contributed by atoms with E-state index in [0.717, 1.165) is 19.5 Å². The SMILES string of the molecule is c1csc(CCNCC2CSc3ccccc32)c1. The summed E-state index contributed by atoms with van der Waals surface area (Å²) in [6.45, 7) is 2.19. The lowest BCUT2D eigenvalue weighted by molar-refractivity contribution is 0.623. The fourth-order valence-electron chi connectivity index (χ4n) is 2.34. The van der Waals surface area contributed by atoms with Crippen molar-refractivity contribution in [3.8, 4) is 0 Å². The number of fused-ring (bicyclic) bond motifs is 1. The number of hydrogen-bond donors (Lipinski definition) is 1. The molecule has 0 saturated carbocycles. The van der Waals surface area contributed by atoms with Crippen LogP contribution in [0.1, 0.15) is 16.4 Å². The second kappa shape index (κ2) is 5.91. The highest BCUT2D eigenvalue weighted by atomic mass is 32.2. The molecule has 1 aromatic heterocycles. The van der Waals surface area contributed by atoms with Crippen LogP contribution in [0, 0.1) is 0 Å². The van der Waals surface area contributed by atoms with Gasteiger partial charge in [-0.2, -0.15) is 0 Å². The van der Waals surface area contributed by atoms with Crippen molar-refractivity contribution in [2.45, 2.75) is 17.2 Å². The molecule has 3 heteroatoms. The Kier molecular flexibility index (Phi) is 4.03. The molecule has 1 aliphatic rings. The van der Waals surface area contributed by atoms with Gasteiger partial charge in [-0.05, 0) is 36.0 Å². The lowest BCUT2D eigenvalue weighted by Gasteiger charge is -2.11. The average Bonchev–Trinajstić information content (AvgIpc) is 3.04. The van der Waals surface area contributed by atoms with Crippen LogP contribution in [0.5, 0.6) is 0 Å². The van der Waals surface area contributed by atoms with E-state index in [1.54, 1.807) is 0 Å². The molecule has 0 spiro atoms. The Morgan fingerprint density at radius 2 is 2.11 bits per heavy atom. The molecule has 18 heavy (non-hydrogen) atoms. The molecule has 0 saturated heterocycles. The van der Waals surface area contributed by atoms with Gasteiger partial charge in [0.05, 0.1) is 0 Å². The molecule has 1 atom stereocenters. The van der Waals surface area contributed by atoms with Crippen LogP contribution in [0.2, 0.25) is 0 Å². The molecular weight excluding hydrogens is 258 g/mol. The van der Waals surface area contributed by atoms with Crippen molar-refractivity contribution in [2.24, 2.45) is 0 Å². The molecule has 1 N–H and O–H groups in total. The average molecular weight is 275 g/mol. The standard InChI is InChI=1S/C15H17NS2/c1-2-6-15-14(5-1)12(11-18-15)10-16-8-7-13-4-3-9-17-13/h1-6,9,12,16H,7-8,10-11H2. The predicted molar refractivity (Wildman–Crippen MR) is 80.8 cm³/mol. The Bertz CT molecular complexity index is 493. The summed E-state index contributed by atoms with van der Waals surface area (Å²) in [6.07, 6.45) is 1.15. The van der Waals surface area contributed by atoms with Crippen LogP contribution in [0.25, 0.3) is 0 Å². The first kappa shape index (κ1) is 12.3. The maximum atomic E-state index is 3.60. The van der Waals surface area contributed by atoms with Gasteiger partial charge in [0.25, 0.3) is 0 Å². The van der Waals surface area contributed by atoms with E-state index in [-0.39, 0.29) is 0 Å². The van der Waals surface area contributed by atoms with Gasteiger partial charge in [0, 0.05) is 28.0 Å². The molecule has 0 aliphatic carbocycles. The maximum absolute atomic E-state index is 3.60. The largest absolute Gasteiger partial charge is 0.316 e. The number of thiophene rings is 1. The van der Waals surface area contributed by atoms with Crippen LogP contribution < -0.4 is 5.32 Å². The summed E-state index contributed by atoms with van der Waals surface area (Å²) in [7, 11) is 0. The summed E-state index contributed by atoms with van der Waals surface area (Å²) in [6, 6.07) is 13.2. The summed E-state index contributed by atoms with van der Waals surface area (Å²) in [4.78, 5) is 2.95. The molecule has 0 bridgehead atoms. The van der Waals surface area contributed by atoms with Crippen molar-refractivity contribution < 1.29 is 0 Å². The van der Waals surface area contributed by atoms with E-state index >= 15 is 0 Å². The van der Waals surface area contributed by atoms with Crippen molar-refractivity contribution in [2.75, 3.05) is 18.8 Å². The Balaban J connectivity index is 1.47. The van der Waals surface area contributed by atoms with Crippen LogP contribution in [0.3, 0.4) is 0 Å². The highest BCUT2D eigenvalue weighted by Gasteiger charge is 2.21. The number of hydrogen-bond acceptors (Lipinski definition) is 3. The Morgan fingerprint density at radius 3 is 3.00 bits per heavy atom. The molecule has 0 radical (unpaired) electrons. The molecular formula is C15H17NS2. The monoisotopic (exact) mass is 275 g/mol. The second-order valence-electron chi connectivity index (χ2n) is 4.58. The minimum Gasteiger partial charge on any atom is -0.316 e. The predicted octanol–water partition coefficient (Wildman–Crippen LogP) is 3.77. The van der Waals surface area contributed by atoms with Crippen molar-refractivity contribution >= 4 is 23.1 Å². The molecule has 2 heterocycles. The third-order valence-electron chi connectivity index (χ3n) is 3.32. The summed E-state index contributed by atoms with van der Waals surface area (Å²) in [5, 5.41) is 5.75. The number of nitrogens with one attached hydrogen (secondary N) is 1. The van der Waals surface area contributed by atoms with Gasteiger partial charge in [0.1, 0.15) is 0 Å². The van der Waals surface area contributed by atoms with Gasteiger partial charge < -0.3 is 5.32 Å². The Morgan fingerprint density at radius 1 is 1.17 bits per heavy atom. The minimum absolute atomic E-state index is 0.689. The van der Waals surface area contributed by atoms with E-state index in [4.69, 9.17) is 0 Å². The summed E-state index contributed by atoms with van der Waals surface area (Å²) in [5.41, 5.74) is 1.53. The van der Waals surface area contributed by atoms with Crippen LogP contribution in [0.4, 0.5) is 0 Å². The Hall–Kier alpha value is -0.770. The summed E-state index contributed by atoms with van der Waals surface area (Å²) >= 11 is 3.84. The summed E-state index contributed by atoms with van der Waals surface area (Å²) in [5.74, 6) is 1.92. The summed E-state index contributed by atoms with van der Waals surface area (Å²) < 4.78 is 0. The van der Waals surface area contributed by atoms with E-state index in [2.05, 4.69) is 47.1 Å². The molecule has 1 aromatic carbocycles. The van der Waals surface area contributed by atoms with Crippen molar-refractivity contribution in [1.82, 2.24) is 5.32 Å². The van der Waals surface area contributed by atoms with Gasteiger partial charge in [0.2, 0.25) is 0 Å². The van der Waals surface area contributed by atoms with Gasteiger partial charge in [-0.15, -0.1) is 23.1 Å². The van der Waals surface area contributed by atoms with E-state index in [1.807, 2.05) is 23.1 Å². The zero-order valence-corrected chi connectivity index (χ0v) is 11.9. The molecule has 0 amide bonds. The topological polar surface area (TPSA) is 12.0 Å². The first-order valence-corrected chi connectivity index (χ1v) is 8.25. The molecule has 1 unspecified atom stereocenters. The van der Waals surface area contributed by atoms with Crippen LogP contribution in [-0.4, -0.2) is 18.8 Å². The van der Waals surface area contributed by atoms with Crippen LogP contribution in [0.15, 0.2) is 46.7 Å². The second-order valence-corrected chi connectivity index (χ2v) is 6.67. The maximum Gasteiger partial charge on any atom is 0.0108 e. The molecule has 2 aromatic rings. The van der Waals surface area contributed by atoms with Gasteiger partial charge in [-0.1, -0.05) is 24.3 Å². The van der Waals surface area contributed by atoms with Crippen LogP contribution in [-0.2, 0) is 6.42 Å². The smallest absolute Gasteiger partial charge is 0.0108 e. The van der Waals surface area contributed by atoms with Crippen molar-refractivity contribution in [1.29, 1.82) is 0 Å². The lowest BCUT2D eigenvalue weighted by atomic mass is 10.0. The quantitative estimate of drug-likeness (QED) is 0.834. The first-order chi connectivity index (χ1) is 8.93. The van der Waals surface area contributed by atoms with Crippen molar-refractivity contribution in [3.63, 3.8) is 0 Å². The van der Waals surface area contributed by atoms with E-state index in [0.29, 0.717) is 5.92 Å². The van der Waals surface area contributed by atoms with E-state index in [9.17, 15) is 0 Å². The third-order valence-corrected chi connectivity index (χ3v) is 5.51. The molecule has 94 valence electrons. The number of thioether (sulfide) groups is 1. The first-order valence-electron chi connectivity index (χ1n) is 6.38. The molecule has 1 aliphatic heterocycles. The fourth-order valence-corrected chi connectivity index (χ4v) is 4.30. The number of benzene rings is 1.